The summed E-state index contributed by atoms with van der Waals surface area (Å²) in [4.78, 5) is 13.3. The monoisotopic (exact) mass is 166 g/mol. The molecule has 0 bridgehead atoms. The summed E-state index contributed by atoms with van der Waals surface area (Å²) >= 11 is 0. The van der Waals surface area contributed by atoms with Crippen molar-refractivity contribution in [2.75, 3.05) is 0 Å². The van der Waals surface area contributed by atoms with Gasteiger partial charge in [0.05, 0.1) is 0 Å². The molecule has 2 aromatic rings. The van der Waals surface area contributed by atoms with Gasteiger partial charge in [0, 0.05) is 6.07 Å². The molecule has 2 N–H and O–H groups in total. The Labute approximate surface area is 66.8 Å². The van der Waals surface area contributed by atoms with Crippen LogP contribution in [0.15, 0.2) is 6.07 Å². The standard InChI is InChI=1S/C6H6N4O2/c1-3-7-5-2-4(6(11)12)9-10(5)8-3/h2H,1H3,(H,7,8)(H,11,12). The molecule has 0 saturated carbocycles. The normalized spacial score (nSPS) is 10.8. The van der Waals surface area contributed by atoms with Crippen molar-refractivity contribution in [1.82, 2.24) is 19.8 Å². The van der Waals surface area contributed by atoms with E-state index in [-0.39, 0.29) is 5.69 Å². The summed E-state index contributed by atoms with van der Waals surface area (Å²) in [6.07, 6.45) is 0. The number of aromatic nitrogens is 4. The van der Waals surface area contributed by atoms with E-state index >= 15 is 0 Å². The number of aromatic amines is 1. The van der Waals surface area contributed by atoms with Crippen LogP contribution < -0.4 is 0 Å². The summed E-state index contributed by atoms with van der Waals surface area (Å²) in [5.41, 5.74) is 0.582. The molecule has 0 spiro atoms. The Morgan fingerprint density at radius 2 is 2.42 bits per heavy atom. The predicted molar refractivity (Wildman–Crippen MR) is 39.0 cm³/mol. The average Bonchev–Trinajstić information content (AvgIpc) is 2.42. The van der Waals surface area contributed by atoms with Crippen LogP contribution in [-0.2, 0) is 0 Å². The van der Waals surface area contributed by atoms with E-state index < -0.39 is 5.97 Å². The Balaban J connectivity index is 2.64. The van der Waals surface area contributed by atoms with Gasteiger partial charge in [-0.2, -0.15) is 0 Å². The van der Waals surface area contributed by atoms with Crippen molar-refractivity contribution in [2.45, 2.75) is 6.92 Å². The van der Waals surface area contributed by atoms with Crippen LogP contribution >= 0.6 is 0 Å². The van der Waals surface area contributed by atoms with Gasteiger partial charge in [-0.1, -0.05) is 0 Å². The average molecular weight is 166 g/mol. The lowest BCUT2D eigenvalue weighted by molar-refractivity contribution is 0.0690. The van der Waals surface area contributed by atoms with E-state index in [0.717, 1.165) is 0 Å². The number of rotatable bonds is 1. The van der Waals surface area contributed by atoms with Gasteiger partial charge in [0.1, 0.15) is 5.82 Å². The maximum Gasteiger partial charge on any atom is 0.356 e. The molecule has 12 heavy (non-hydrogen) atoms. The summed E-state index contributed by atoms with van der Waals surface area (Å²) in [5.74, 6) is -0.346. The molecule has 2 rings (SSSR count). The van der Waals surface area contributed by atoms with Crippen LogP contribution in [0.5, 0.6) is 0 Å². The number of nitrogens with one attached hydrogen (secondary N) is 1. The number of H-pyrrole nitrogens is 1. The maximum absolute atomic E-state index is 10.4. The van der Waals surface area contributed by atoms with Gasteiger partial charge in [-0.25, -0.2) is 4.79 Å². The van der Waals surface area contributed by atoms with E-state index in [0.29, 0.717) is 11.5 Å². The zero-order valence-electron chi connectivity index (χ0n) is 6.27. The maximum atomic E-state index is 10.4. The van der Waals surface area contributed by atoms with Gasteiger partial charge >= 0.3 is 5.97 Å². The first-order valence-corrected chi connectivity index (χ1v) is 3.33. The van der Waals surface area contributed by atoms with Gasteiger partial charge < -0.3 is 10.1 Å². The molecule has 0 aromatic carbocycles. The molecule has 0 atom stereocenters. The molecule has 0 radical (unpaired) electrons. The number of carboxylic acid groups (broad SMARTS) is 1. The fourth-order valence-electron chi connectivity index (χ4n) is 0.991. The number of hydrogen-bond donors (Lipinski definition) is 2. The third-order valence-electron chi connectivity index (χ3n) is 1.46. The van der Waals surface area contributed by atoms with Crippen LogP contribution in [0.3, 0.4) is 0 Å². The minimum atomic E-state index is -1.05. The number of carboxylic acids is 1. The molecule has 2 heterocycles. The van der Waals surface area contributed by atoms with Crippen molar-refractivity contribution in [3.05, 3.63) is 17.6 Å². The first-order chi connectivity index (χ1) is 5.66. The summed E-state index contributed by atoms with van der Waals surface area (Å²) in [6, 6.07) is 1.43. The quantitative estimate of drug-likeness (QED) is 0.627. The molecule has 6 heteroatoms. The molecule has 0 fully saturated rings. The van der Waals surface area contributed by atoms with Crippen LogP contribution in [0, 0.1) is 6.92 Å². The minimum Gasteiger partial charge on any atom is -0.476 e. The Hall–Kier alpha value is -1.85. The van der Waals surface area contributed by atoms with Gasteiger partial charge in [-0.3, -0.25) is 0 Å². The van der Waals surface area contributed by atoms with Gasteiger partial charge in [-0.05, 0) is 6.92 Å². The third-order valence-corrected chi connectivity index (χ3v) is 1.46. The molecule has 0 unspecified atom stereocenters. The van der Waals surface area contributed by atoms with E-state index in [1.54, 1.807) is 6.92 Å². The number of hydrogen-bond acceptors (Lipinski definition) is 3. The molecule has 0 aliphatic heterocycles. The predicted octanol–water partition coefficient (Wildman–Crippen LogP) is 0.0640. The summed E-state index contributed by atoms with van der Waals surface area (Å²) in [6.45, 7) is 1.77. The van der Waals surface area contributed by atoms with Gasteiger partial charge in [0.2, 0.25) is 0 Å². The van der Waals surface area contributed by atoms with Crippen LogP contribution in [0.4, 0.5) is 0 Å². The van der Waals surface area contributed by atoms with Gasteiger partial charge in [-0.15, -0.1) is 14.8 Å². The van der Waals surface area contributed by atoms with Crippen LogP contribution in [0.2, 0.25) is 0 Å². The van der Waals surface area contributed by atoms with Crippen molar-refractivity contribution >= 4 is 11.6 Å². The van der Waals surface area contributed by atoms with E-state index in [2.05, 4.69) is 15.2 Å². The highest BCUT2D eigenvalue weighted by Gasteiger charge is 2.10. The number of carbonyl (C=O) groups is 1. The lowest BCUT2D eigenvalue weighted by atomic mass is 10.4. The van der Waals surface area contributed by atoms with Crippen molar-refractivity contribution in [1.29, 1.82) is 0 Å². The van der Waals surface area contributed by atoms with Gasteiger partial charge in [0.25, 0.3) is 0 Å². The Kier molecular flexibility index (Phi) is 1.18. The number of nitrogens with zero attached hydrogens (tertiary/aromatic N) is 3. The highest BCUT2D eigenvalue weighted by atomic mass is 16.4. The van der Waals surface area contributed by atoms with E-state index in [1.807, 2.05) is 0 Å². The van der Waals surface area contributed by atoms with E-state index in [1.165, 1.54) is 10.7 Å². The van der Waals surface area contributed by atoms with Crippen molar-refractivity contribution < 1.29 is 9.90 Å². The molecule has 2 aromatic heterocycles. The molecule has 0 aliphatic carbocycles. The first kappa shape index (κ1) is 6.84. The van der Waals surface area contributed by atoms with E-state index in [4.69, 9.17) is 5.11 Å². The van der Waals surface area contributed by atoms with Crippen molar-refractivity contribution in [3.8, 4) is 0 Å². The topological polar surface area (TPSA) is 83.3 Å². The van der Waals surface area contributed by atoms with Crippen molar-refractivity contribution in [3.63, 3.8) is 0 Å². The highest BCUT2D eigenvalue weighted by molar-refractivity contribution is 5.86. The first-order valence-electron chi connectivity index (χ1n) is 3.33. The van der Waals surface area contributed by atoms with Crippen molar-refractivity contribution in [2.24, 2.45) is 0 Å². The molecule has 6 nitrogen and oxygen atoms in total. The third kappa shape index (κ3) is 0.849. The van der Waals surface area contributed by atoms with Crippen LogP contribution in [-0.4, -0.2) is 30.9 Å². The summed E-state index contributed by atoms with van der Waals surface area (Å²) < 4.78 is 1.26. The lowest BCUT2D eigenvalue weighted by Crippen LogP contribution is -1.98. The molecule has 0 aliphatic rings. The highest BCUT2D eigenvalue weighted by Crippen LogP contribution is 2.02. The Morgan fingerprint density at radius 1 is 1.67 bits per heavy atom. The second-order valence-corrected chi connectivity index (χ2v) is 2.42. The summed E-state index contributed by atoms with van der Waals surface area (Å²) in [7, 11) is 0. The van der Waals surface area contributed by atoms with E-state index in [9.17, 15) is 4.79 Å². The zero-order valence-corrected chi connectivity index (χ0v) is 6.27. The molecule has 0 amide bonds. The molecule has 0 saturated heterocycles. The van der Waals surface area contributed by atoms with Gasteiger partial charge in [0.15, 0.2) is 11.3 Å². The number of fused-ring (bicyclic) bond motifs is 1. The largest absolute Gasteiger partial charge is 0.476 e. The van der Waals surface area contributed by atoms with Crippen LogP contribution in [0.1, 0.15) is 16.3 Å². The zero-order chi connectivity index (χ0) is 8.72. The van der Waals surface area contributed by atoms with Crippen LogP contribution in [0.25, 0.3) is 5.65 Å². The lowest BCUT2D eigenvalue weighted by Gasteiger charge is -1.80. The Bertz CT molecular complexity index is 410. The summed E-state index contributed by atoms with van der Waals surface area (Å²) in [5, 5.41) is 16.2. The molecular formula is C6H6N4O2. The number of aromatic carboxylic acids is 1. The Morgan fingerprint density at radius 3 is 3.00 bits per heavy atom. The minimum absolute atomic E-state index is 0.00579. The fraction of sp³-hybridized carbons (Fsp3) is 0.167. The molecular weight excluding hydrogens is 160 g/mol. The second kappa shape index (κ2) is 2.07. The smallest absolute Gasteiger partial charge is 0.356 e. The second-order valence-electron chi connectivity index (χ2n) is 2.42. The number of aryl methyl sites for hydroxylation is 1. The fourth-order valence-corrected chi connectivity index (χ4v) is 0.991. The SMILES string of the molecule is Cc1nn2nc(C(=O)O)cc2[nH]1. The molecule has 62 valence electrons.